The number of aliphatic hydroxyl groups excluding tert-OH is 1. The standard InChI is InChI=1S/C23H34N4OS.HI/c1-4-24-23(26-17(2)13-22-10-9-18(3)29-22)25-14-21(28)16-27-12-11-19-7-5-6-8-20(19)15-27;/h5-10,17,21,28H,4,11-16H2,1-3H3,(H2,24,25,26);1H. The van der Waals surface area contributed by atoms with Gasteiger partial charge in [0.15, 0.2) is 5.96 Å². The number of β-amino-alcohol motifs (C(OH)–C–C–N with tert-alkyl or cyclic N) is 1. The van der Waals surface area contributed by atoms with Crippen molar-refractivity contribution in [3.63, 3.8) is 0 Å². The smallest absolute Gasteiger partial charge is 0.191 e. The van der Waals surface area contributed by atoms with Gasteiger partial charge in [-0.3, -0.25) is 9.89 Å². The molecule has 0 saturated carbocycles. The predicted octanol–water partition coefficient (Wildman–Crippen LogP) is 3.58. The van der Waals surface area contributed by atoms with Gasteiger partial charge in [-0.1, -0.05) is 24.3 Å². The molecule has 3 N–H and O–H groups in total. The van der Waals surface area contributed by atoms with Gasteiger partial charge in [0.2, 0.25) is 0 Å². The number of rotatable bonds is 8. The molecule has 2 unspecified atom stereocenters. The van der Waals surface area contributed by atoms with Crippen molar-refractivity contribution >= 4 is 41.3 Å². The Bertz CT molecular complexity index is 810. The molecular formula is C23H35IN4OS. The first-order valence-electron chi connectivity index (χ1n) is 10.6. The quantitative estimate of drug-likeness (QED) is 0.271. The molecule has 1 aromatic heterocycles. The van der Waals surface area contributed by atoms with E-state index in [-0.39, 0.29) is 30.0 Å². The van der Waals surface area contributed by atoms with E-state index in [4.69, 9.17) is 0 Å². The number of aliphatic hydroxyl groups is 1. The van der Waals surface area contributed by atoms with E-state index in [1.807, 2.05) is 11.3 Å². The Morgan fingerprint density at radius 1 is 1.23 bits per heavy atom. The average molecular weight is 543 g/mol. The molecule has 1 aliphatic rings. The highest BCUT2D eigenvalue weighted by Crippen LogP contribution is 2.18. The number of aliphatic imine (C=N–C) groups is 1. The zero-order valence-electron chi connectivity index (χ0n) is 18.2. The highest BCUT2D eigenvalue weighted by molar-refractivity contribution is 14.0. The van der Waals surface area contributed by atoms with Gasteiger partial charge in [-0.25, -0.2) is 0 Å². The van der Waals surface area contributed by atoms with Crippen molar-refractivity contribution in [2.24, 2.45) is 4.99 Å². The second-order valence-electron chi connectivity index (χ2n) is 7.89. The van der Waals surface area contributed by atoms with Crippen molar-refractivity contribution in [2.75, 3.05) is 26.2 Å². The van der Waals surface area contributed by atoms with E-state index in [9.17, 15) is 5.11 Å². The first-order valence-corrected chi connectivity index (χ1v) is 11.4. The summed E-state index contributed by atoms with van der Waals surface area (Å²) < 4.78 is 0. The van der Waals surface area contributed by atoms with Crippen LogP contribution in [0.2, 0.25) is 0 Å². The lowest BCUT2D eigenvalue weighted by Gasteiger charge is -2.30. The molecule has 0 amide bonds. The van der Waals surface area contributed by atoms with Crippen LogP contribution < -0.4 is 10.6 Å². The Balaban J connectivity index is 0.00000320. The highest BCUT2D eigenvalue weighted by Gasteiger charge is 2.18. The number of aryl methyl sites for hydroxylation is 1. The van der Waals surface area contributed by atoms with Gasteiger partial charge in [-0.2, -0.15) is 0 Å². The lowest BCUT2D eigenvalue weighted by atomic mass is 10.00. The molecule has 2 heterocycles. The van der Waals surface area contributed by atoms with Crippen molar-refractivity contribution in [1.29, 1.82) is 0 Å². The van der Waals surface area contributed by atoms with E-state index in [2.05, 4.69) is 77.7 Å². The lowest BCUT2D eigenvalue weighted by Crippen LogP contribution is -2.44. The summed E-state index contributed by atoms with van der Waals surface area (Å²) >= 11 is 1.84. The van der Waals surface area contributed by atoms with Crippen LogP contribution in [-0.4, -0.2) is 54.3 Å². The molecule has 0 saturated heterocycles. The third-order valence-corrected chi connectivity index (χ3v) is 6.19. The predicted molar refractivity (Wildman–Crippen MR) is 138 cm³/mol. The van der Waals surface area contributed by atoms with Gasteiger partial charge >= 0.3 is 0 Å². The fourth-order valence-electron chi connectivity index (χ4n) is 3.76. The van der Waals surface area contributed by atoms with E-state index in [1.165, 1.54) is 20.9 Å². The zero-order chi connectivity index (χ0) is 20.6. The van der Waals surface area contributed by atoms with E-state index < -0.39 is 6.10 Å². The number of hydrogen-bond donors (Lipinski definition) is 3. The van der Waals surface area contributed by atoms with Gasteiger partial charge in [-0.05, 0) is 50.5 Å². The summed E-state index contributed by atoms with van der Waals surface area (Å²) in [7, 11) is 0. The van der Waals surface area contributed by atoms with Crippen LogP contribution in [-0.2, 0) is 19.4 Å². The second kappa shape index (κ2) is 12.6. The number of fused-ring (bicyclic) bond motifs is 1. The molecule has 3 rings (SSSR count). The lowest BCUT2D eigenvalue weighted by molar-refractivity contribution is 0.111. The molecule has 5 nitrogen and oxygen atoms in total. The van der Waals surface area contributed by atoms with Crippen LogP contribution in [0.25, 0.3) is 0 Å². The monoisotopic (exact) mass is 542 g/mol. The van der Waals surface area contributed by atoms with Gasteiger partial charge in [0, 0.05) is 48.4 Å². The normalized spacial score (nSPS) is 16.3. The first kappa shape index (κ1) is 25.1. The molecule has 0 radical (unpaired) electrons. The van der Waals surface area contributed by atoms with Crippen molar-refractivity contribution in [3.8, 4) is 0 Å². The molecule has 7 heteroatoms. The van der Waals surface area contributed by atoms with E-state index in [1.54, 1.807) is 0 Å². The zero-order valence-corrected chi connectivity index (χ0v) is 21.4. The van der Waals surface area contributed by atoms with Gasteiger partial charge in [0.05, 0.1) is 12.6 Å². The molecule has 1 aliphatic heterocycles. The fourth-order valence-corrected chi connectivity index (χ4v) is 4.78. The van der Waals surface area contributed by atoms with Gasteiger partial charge in [-0.15, -0.1) is 35.3 Å². The van der Waals surface area contributed by atoms with Gasteiger partial charge in [0.1, 0.15) is 0 Å². The summed E-state index contributed by atoms with van der Waals surface area (Å²) in [5, 5.41) is 17.3. The summed E-state index contributed by atoms with van der Waals surface area (Å²) in [5.74, 6) is 0.774. The summed E-state index contributed by atoms with van der Waals surface area (Å²) in [6, 6.07) is 13.2. The van der Waals surface area contributed by atoms with Crippen LogP contribution in [0.15, 0.2) is 41.4 Å². The molecule has 0 bridgehead atoms. The maximum Gasteiger partial charge on any atom is 0.191 e. The van der Waals surface area contributed by atoms with E-state index in [0.717, 1.165) is 38.4 Å². The largest absolute Gasteiger partial charge is 0.390 e. The van der Waals surface area contributed by atoms with Crippen LogP contribution >= 0.6 is 35.3 Å². The van der Waals surface area contributed by atoms with E-state index in [0.29, 0.717) is 13.1 Å². The Hall–Kier alpha value is -1.16. The average Bonchev–Trinajstić information content (AvgIpc) is 3.10. The third kappa shape index (κ3) is 7.83. The number of benzene rings is 1. The molecular weight excluding hydrogens is 507 g/mol. The number of halogens is 1. The number of nitrogens with one attached hydrogen (secondary N) is 2. The van der Waals surface area contributed by atoms with Crippen molar-refractivity contribution in [1.82, 2.24) is 15.5 Å². The molecule has 1 aromatic carbocycles. The minimum absolute atomic E-state index is 0. The Labute approximate surface area is 202 Å². The Morgan fingerprint density at radius 2 is 2.00 bits per heavy atom. The number of hydrogen-bond acceptors (Lipinski definition) is 4. The second-order valence-corrected chi connectivity index (χ2v) is 9.26. The van der Waals surface area contributed by atoms with Gasteiger partial charge in [0.25, 0.3) is 0 Å². The summed E-state index contributed by atoms with van der Waals surface area (Å²) in [4.78, 5) is 9.68. The number of thiophene rings is 1. The molecule has 30 heavy (non-hydrogen) atoms. The summed E-state index contributed by atoms with van der Waals surface area (Å²) in [6.07, 6.45) is 1.56. The van der Waals surface area contributed by atoms with Crippen LogP contribution in [0, 0.1) is 6.92 Å². The fraction of sp³-hybridized carbons (Fsp3) is 0.522. The Kier molecular flexibility index (Phi) is 10.6. The number of guanidine groups is 1. The maximum absolute atomic E-state index is 10.5. The first-order chi connectivity index (χ1) is 14.0. The Morgan fingerprint density at radius 3 is 2.70 bits per heavy atom. The summed E-state index contributed by atoms with van der Waals surface area (Å²) in [5.41, 5.74) is 2.81. The molecule has 2 aromatic rings. The number of nitrogens with zero attached hydrogens (tertiary/aromatic N) is 2. The minimum Gasteiger partial charge on any atom is -0.390 e. The van der Waals surface area contributed by atoms with Crippen molar-refractivity contribution in [2.45, 2.75) is 52.3 Å². The van der Waals surface area contributed by atoms with Gasteiger partial charge < -0.3 is 15.7 Å². The molecule has 166 valence electrons. The third-order valence-electron chi connectivity index (χ3n) is 5.17. The molecule has 0 fully saturated rings. The van der Waals surface area contributed by atoms with Crippen molar-refractivity contribution in [3.05, 3.63) is 57.3 Å². The van der Waals surface area contributed by atoms with Crippen molar-refractivity contribution < 1.29 is 5.11 Å². The topological polar surface area (TPSA) is 59.9 Å². The van der Waals surface area contributed by atoms with Crippen LogP contribution in [0.3, 0.4) is 0 Å². The highest BCUT2D eigenvalue weighted by atomic mass is 127. The SMILES string of the molecule is CCNC(=NCC(O)CN1CCc2ccccc2C1)NC(C)Cc1ccc(C)s1.I. The minimum atomic E-state index is -0.467. The summed E-state index contributed by atoms with van der Waals surface area (Å²) in [6.45, 7) is 10.1. The van der Waals surface area contributed by atoms with Crippen LogP contribution in [0.5, 0.6) is 0 Å². The van der Waals surface area contributed by atoms with E-state index >= 15 is 0 Å². The van der Waals surface area contributed by atoms with Crippen LogP contribution in [0.4, 0.5) is 0 Å². The van der Waals surface area contributed by atoms with Crippen LogP contribution in [0.1, 0.15) is 34.7 Å². The molecule has 2 atom stereocenters. The molecule has 0 aliphatic carbocycles. The molecule has 0 spiro atoms. The maximum atomic E-state index is 10.5.